The van der Waals surface area contributed by atoms with Crippen molar-refractivity contribution in [2.75, 3.05) is 19.6 Å². The van der Waals surface area contributed by atoms with Crippen LogP contribution >= 0.6 is 0 Å². The van der Waals surface area contributed by atoms with E-state index in [0.29, 0.717) is 12.3 Å². The van der Waals surface area contributed by atoms with Crippen LogP contribution in [-0.4, -0.2) is 30.4 Å². The zero-order valence-corrected chi connectivity index (χ0v) is 11.1. The highest BCUT2D eigenvalue weighted by Crippen LogP contribution is 2.17. The van der Waals surface area contributed by atoms with Gasteiger partial charge in [-0.2, -0.15) is 0 Å². The third kappa shape index (κ3) is 3.33. The quantitative estimate of drug-likeness (QED) is 0.884. The van der Waals surface area contributed by atoms with E-state index >= 15 is 0 Å². The minimum absolute atomic E-state index is 0.283. The molecule has 1 aromatic rings. The molecular formula is C15H22N2O. The van der Waals surface area contributed by atoms with Crippen molar-refractivity contribution in [2.45, 2.75) is 32.2 Å². The Bertz CT molecular complexity index is 377. The number of carbonyl (C=O) groups is 1. The molecule has 0 aliphatic carbocycles. The van der Waals surface area contributed by atoms with Gasteiger partial charge in [0.05, 0.1) is 0 Å². The van der Waals surface area contributed by atoms with Gasteiger partial charge in [0.2, 0.25) is 5.91 Å². The monoisotopic (exact) mass is 246 g/mol. The van der Waals surface area contributed by atoms with Gasteiger partial charge < -0.3 is 10.2 Å². The molecule has 98 valence electrons. The molecule has 0 bridgehead atoms. The van der Waals surface area contributed by atoms with Crippen LogP contribution in [0, 0.1) is 0 Å². The number of carbonyl (C=O) groups excluding carboxylic acids is 1. The Morgan fingerprint density at radius 3 is 2.89 bits per heavy atom. The summed E-state index contributed by atoms with van der Waals surface area (Å²) in [5.74, 6) is 0.305. The van der Waals surface area contributed by atoms with E-state index in [4.69, 9.17) is 0 Å². The molecular weight excluding hydrogens is 224 g/mol. The molecule has 1 unspecified atom stereocenters. The number of amides is 1. The minimum Gasteiger partial charge on any atom is -0.340 e. The first-order chi connectivity index (χ1) is 8.81. The summed E-state index contributed by atoms with van der Waals surface area (Å²) in [7, 11) is 0. The number of piperazine rings is 1. The smallest absolute Gasteiger partial charge is 0.222 e. The lowest BCUT2D eigenvalue weighted by Gasteiger charge is -2.34. The van der Waals surface area contributed by atoms with Gasteiger partial charge in [-0.15, -0.1) is 0 Å². The molecule has 1 heterocycles. The molecule has 0 radical (unpaired) electrons. The molecule has 0 aromatic heterocycles. The van der Waals surface area contributed by atoms with Crippen LogP contribution in [0.3, 0.4) is 0 Å². The first-order valence-electron chi connectivity index (χ1n) is 6.87. The first kappa shape index (κ1) is 13.1. The summed E-state index contributed by atoms with van der Waals surface area (Å²) in [4.78, 5) is 14.0. The van der Waals surface area contributed by atoms with E-state index in [9.17, 15) is 4.79 Å². The van der Waals surface area contributed by atoms with Gasteiger partial charge in [-0.3, -0.25) is 4.79 Å². The second-order valence-electron chi connectivity index (χ2n) is 4.86. The van der Waals surface area contributed by atoms with Gasteiger partial charge in [0.15, 0.2) is 0 Å². The van der Waals surface area contributed by atoms with Gasteiger partial charge in [-0.1, -0.05) is 43.7 Å². The molecule has 3 heteroatoms. The molecule has 1 aliphatic heterocycles. The lowest BCUT2D eigenvalue weighted by molar-refractivity contribution is -0.132. The lowest BCUT2D eigenvalue weighted by atomic mass is 10.0. The van der Waals surface area contributed by atoms with Crippen molar-refractivity contribution in [1.82, 2.24) is 10.2 Å². The number of benzene rings is 1. The van der Waals surface area contributed by atoms with Crippen molar-refractivity contribution in [2.24, 2.45) is 0 Å². The fourth-order valence-corrected chi connectivity index (χ4v) is 2.37. The van der Waals surface area contributed by atoms with Crippen LogP contribution < -0.4 is 5.32 Å². The maximum atomic E-state index is 12.0. The molecule has 0 saturated carbocycles. The summed E-state index contributed by atoms with van der Waals surface area (Å²) in [5.41, 5.74) is 1.27. The second-order valence-corrected chi connectivity index (χ2v) is 4.86. The average molecular weight is 246 g/mol. The maximum absolute atomic E-state index is 12.0. The molecule has 2 rings (SSSR count). The summed E-state index contributed by atoms with van der Waals surface area (Å²) in [6.45, 7) is 4.65. The molecule has 3 nitrogen and oxygen atoms in total. The molecule has 1 fully saturated rings. The summed E-state index contributed by atoms with van der Waals surface area (Å²) in [6, 6.07) is 10.7. The number of unbranched alkanes of at least 4 members (excludes halogenated alkanes) is 1. The van der Waals surface area contributed by atoms with E-state index in [1.807, 2.05) is 11.0 Å². The lowest BCUT2D eigenvalue weighted by Crippen LogP contribution is -2.48. The van der Waals surface area contributed by atoms with E-state index in [1.54, 1.807) is 0 Å². The Morgan fingerprint density at radius 1 is 1.39 bits per heavy atom. The first-order valence-corrected chi connectivity index (χ1v) is 6.87. The third-order valence-corrected chi connectivity index (χ3v) is 3.47. The molecule has 0 spiro atoms. The number of nitrogens with zero attached hydrogens (tertiary/aromatic N) is 1. The SMILES string of the molecule is CCCCC(=O)N1CCNC(c2ccccc2)C1. The predicted octanol–water partition coefficient (Wildman–Crippen LogP) is 2.35. The van der Waals surface area contributed by atoms with Crippen LogP contribution in [-0.2, 0) is 4.79 Å². The van der Waals surface area contributed by atoms with Crippen LogP contribution in [0.25, 0.3) is 0 Å². The van der Waals surface area contributed by atoms with Crippen LogP contribution in [0.2, 0.25) is 0 Å². The summed E-state index contributed by atoms with van der Waals surface area (Å²) in [5, 5.41) is 3.48. The molecule has 18 heavy (non-hydrogen) atoms. The zero-order chi connectivity index (χ0) is 12.8. The van der Waals surface area contributed by atoms with Crippen LogP contribution in [0.5, 0.6) is 0 Å². The Hall–Kier alpha value is -1.35. The topological polar surface area (TPSA) is 32.3 Å². The summed E-state index contributed by atoms with van der Waals surface area (Å²) in [6.07, 6.45) is 2.77. The van der Waals surface area contributed by atoms with E-state index in [1.165, 1.54) is 5.56 Å². The van der Waals surface area contributed by atoms with Crippen molar-refractivity contribution in [1.29, 1.82) is 0 Å². The van der Waals surface area contributed by atoms with Gasteiger partial charge in [-0.05, 0) is 12.0 Å². The van der Waals surface area contributed by atoms with Gasteiger partial charge >= 0.3 is 0 Å². The number of nitrogens with one attached hydrogen (secondary N) is 1. The summed E-state index contributed by atoms with van der Waals surface area (Å²) < 4.78 is 0. The maximum Gasteiger partial charge on any atom is 0.222 e. The highest BCUT2D eigenvalue weighted by Gasteiger charge is 2.23. The van der Waals surface area contributed by atoms with Crippen LogP contribution in [0.15, 0.2) is 30.3 Å². The van der Waals surface area contributed by atoms with Crippen molar-refractivity contribution in [3.05, 3.63) is 35.9 Å². The van der Waals surface area contributed by atoms with Gasteiger partial charge in [0.25, 0.3) is 0 Å². The molecule has 1 amide bonds. The van der Waals surface area contributed by atoms with Crippen molar-refractivity contribution < 1.29 is 4.79 Å². The molecule has 1 saturated heterocycles. The largest absolute Gasteiger partial charge is 0.340 e. The fourth-order valence-electron chi connectivity index (χ4n) is 2.37. The molecule has 1 aromatic carbocycles. The normalized spacial score (nSPS) is 19.8. The number of rotatable bonds is 4. The number of hydrogen-bond donors (Lipinski definition) is 1. The Labute approximate surface area is 109 Å². The summed E-state index contributed by atoms with van der Waals surface area (Å²) >= 11 is 0. The van der Waals surface area contributed by atoms with E-state index in [0.717, 1.165) is 32.5 Å². The molecule has 1 aliphatic rings. The van der Waals surface area contributed by atoms with Crippen molar-refractivity contribution >= 4 is 5.91 Å². The van der Waals surface area contributed by atoms with E-state index < -0.39 is 0 Å². The molecule has 1 atom stereocenters. The Balaban J connectivity index is 1.94. The second kappa shape index (κ2) is 6.55. The van der Waals surface area contributed by atoms with E-state index in [-0.39, 0.29) is 6.04 Å². The fraction of sp³-hybridized carbons (Fsp3) is 0.533. The number of hydrogen-bond acceptors (Lipinski definition) is 2. The minimum atomic E-state index is 0.283. The van der Waals surface area contributed by atoms with E-state index in [2.05, 4.69) is 36.5 Å². The van der Waals surface area contributed by atoms with Crippen LogP contribution in [0.1, 0.15) is 37.8 Å². The van der Waals surface area contributed by atoms with Crippen molar-refractivity contribution in [3.8, 4) is 0 Å². The standard InChI is InChI=1S/C15H22N2O/c1-2-3-9-15(18)17-11-10-16-14(12-17)13-7-5-4-6-8-13/h4-8,14,16H,2-3,9-12H2,1H3. The third-order valence-electron chi connectivity index (χ3n) is 3.47. The Kier molecular flexibility index (Phi) is 4.76. The zero-order valence-electron chi connectivity index (χ0n) is 11.1. The highest BCUT2D eigenvalue weighted by atomic mass is 16.2. The van der Waals surface area contributed by atoms with Crippen molar-refractivity contribution in [3.63, 3.8) is 0 Å². The van der Waals surface area contributed by atoms with Gasteiger partial charge in [-0.25, -0.2) is 0 Å². The van der Waals surface area contributed by atoms with Crippen LogP contribution in [0.4, 0.5) is 0 Å². The van der Waals surface area contributed by atoms with Gasteiger partial charge in [0.1, 0.15) is 0 Å². The average Bonchev–Trinajstić information content (AvgIpc) is 2.46. The Morgan fingerprint density at radius 2 is 2.17 bits per heavy atom. The predicted molar refractivity (Wildman–Crippen MR) is 73.3 cm³/mol. The van der Waals surface area contributed by atoms with Gasteiger partial charge in [0, 0.05) is 32.1 Å². The highest BCUT2D eigenvalue weighted by molar-refractivity contribution is 5.76. The molecule has 1 N–H and O–H groups in total.